The van der Waals surface area contributed by atoms with Crippen molar-refractivity contribution in [1.82, 2.24) is 10.2 Å². The highest BCUT2D eigenvalue weighted by molar-refractivity contribution is 5.73. The van der Waals surface area contributed by atoms with Gasteiger partial charge in [-0.15, -0.1) is 0 Å². The second kappa shape index (κ2) is 4.00. The van der Waals surface area contributed by atoms with E-state index in [4.69, 9.17) is 5.11 Å². The molecule has 1 saturated heterocycles. The maximum Gasteiger partial charge on any atom is 0.335 e. The monoisotopic (exact) mass is 206 g/mol. The molecule has 4 heteroatoms. The van der Waals surface area contributed by atoms with Crippen molar-refractivity contribution in [1.29, 1.82) is 0 Å². The molecule has 1 aromatic rings. The van der Waals surface area contributed by atoms with Crippen molar-refractivity contribution in [3.05, 3.63) is 35.9 Å². The number of carboxylic acids is 1. The van der Waals surface area contributed by atoms with Gasteiger partial charge in [0.05, 0.1) is 0 Å². The molecule has 1 aliphatic rings. The second-order valence-corrected chi connectivity index (χ2v) is 3.81. The number of hydrogen-bond acceptors (Lipinski definition) is 3. The molecule has 80 valence electrons. The molecule has 0 bridgehead atoms. The van der Waals surface area contributed by atoms with Crippen molar-refractivity contribution in [3.63, 3.8) is 0 Å². The van der Waals surface area contributed by atoms with E-state index in [9.17, 15) is 4.79 Å². The summed E-state index contributed by atoms with van der Waals surface area (Å²) < 4.78 is 0. The predicted octanol–water partition coefficient (Wildman–Crippen LogP) is 0.673. The maximum absolute atomic E-state index is 10.9. The molecule has 4 nitrogen and oxygen atoms in total. The average molecular weight is 206 g/mol. The predicted molar refractivity (Wildman–Crippen MR) is 56.4 cm³/mol. The molecular weight excluding hydrogens is 192 g/mol. The maximum atomic E-state index is 10.9. The summed E-state index contributed by atoms with van der Waals surface area (Å²) in [6.07, 6.45) is -0.574. The number of carboxylic acid groups (broad SMARTS) is 1. The number of nitrogens with zero attached hydrogens (tertiary/aromatic N) is 1. The highest BCUT2D eigenvalue weighted by Gasteiger charge is 2.33. The fourth-order valence-electron chi connectivity index (χ4n) is 1.91. The molecule has 2 N–H and O–H groups in total. The highest BCUT2D eigenvalue weighted by atomic mass is 16.4. The molecule has 2 unspecified atom stereocenters. The summed E-state index contributed by atoms with van der Waals surface area (Å²) in [5, 5.41) is 12.0. The molecule has 0 aliphatic carbocycles. The van der Waals surface area contributed by atoms with E-state index in [2.05, 4.69) is 5.32 Å². The first-order valence-corrected chi connectivity index (χ1v) is 4.92. The van der Waals surface area contributed by atoms with E-state index in [1.807, 2.05) is 37.4 Å². The zero-order valence-electron chi connectivity index (χ0n) is 8.55. The van der Waals surface area contributed by atoms with Crippen LogP contribution in [-0.4, -0.2) is 35.7 Å². The highest BCUT2D eigenvalue weighted by Crippen LogP contribution is 2.20. The zero-order chi connectivity index (χ0) is 10.8. The topological polar surface area (TPSA) is 52.6 Å². The van der Waals surface area contributed by atoms with Gasteiger partial charge in [-0.25, -0.2) is 4.79 Å². The van der Waals surface area contributed by atoms with Gasteiger partial charge >= 0.3 is 5.97 Å². The lowest BCUT2D eigenvalue weighted by Gasteiger charge is -2.12. The van der Waals surface area contributed by atoms with Crippen LogP contribution in [0.15, 0.2) is 30.3 Å². The van der Waals surface area contributed by atoms with Crippen molar-refractivity contribution in [2.45, 2.75) is 12.2 Å². The van der Waals surface area contributed by atoms with Gasteiger partial charge in [-0.2, -0.15) is 0 Å². The summed E-state index contributed by atoms with van der Waals surface area (Å²) >= 11 is 0. The van der Waals surface area contributed by atoms with Crippen LogP contribution in [0.1, 0.15) is 11.6 Å². The largest absolute Gasteiger partial charge is 0.479 e. The molecule has 2 rings (SSSR count). The number of benzene rings is 1. The lowest BCUT2D eigenvalue weighted by atomic mass is 10.1. The van der Waals surface area contributed by atoms with Crippen molar-refractivity contribution in [2.75, 3.05) is 13.6 Å². The van der Waals surface area contributed by atoms with Crippen molar-refractivity contribution < 1.29 is 9.90 Å². The van der Waals surface area contributed by atoms with E-state index in [0.717, 1.165) is 12.1 Å². The fourth-order valence-corrected chi connectivity index (χ4v) is 1.91. The van der Waals surface area contributed by atoms with Gasteiger partial charge in [-0.3, -0.25) is 10.2 Å². The molecule has 1 fully saturated rings. The summed E-state index contributed by atoms with van der Waals surface area (Å²) in [6, 6.07) is 10.0. The van der Waals surface area contributed by atoms with Crippen molar-refractivity contribution >= 4 is 5.97 Å². The molecule has 0 saturated carbocycles. The Morgan fingerprint density at radius 3 is 2.67 bits per heavy atom. The van der Waals surface area contributed by atoms with Crippen molar-refractivity contribution in [2.24, 2.45) is 0 Å². The molecule has 0 aromatic heterocycles. The van der Waals surface area contributed by atoms with Crippen LogP contribution in [0.2, 0.25) is 0 Å². The summed E-state index contributed by atoms with van der Waals surface area (Å²) in [6.45, 7) is 0.723. The molecule has 2 atom stereocenters. The van der Waals surface area contributed by atoms with Gasteiger partial charge in [0.2, 0.25) is 0 Å². The molecule has 0 spiro atoms. The first kappa shape index (κ1) is 10.1. The Kier molecular flexibility index (Phi) is 2.70. The third-order valence-electron chi connectivity index (χ3n) is 2.71. The van der Waals surface area contributed by atoms with Crippen LogP contribution in [0.25, 0.3) is 0 Å². The van der Waals surface area contributed by atoms with Crippen molar-refractivity contribution in [3.8, 4) is 0 Å². The van der Waals surface area contributed by atoms with E-state index in [-0.39, 0.29) is 6.04 Å². The normalized spacial score (nSPS) is 26.7. The van der Waals surface area contributed by atoms with Gasteiger partial charge in [-0.1, -0.05) is 30.3 Å². The third kappa shape index (κ3) is 2.00. The lowest BCUT2D eigenvalue weighted by Crippen LogP contribution is -2.40. The number of rotatable bonds is 2. The van der Waals surface area contributed by atoms with E-state index in [1.165, 1.54) is 0 Å². The molecule has 1 aromatic carbocycles. The quantitative estimate of drug-likeness (QED) is 0.747. The minimum atomic E-state index is -0.823. The summed E-state index contributed by atoms with van der Waals surface area (Å²) in [7, 11) is 1.81. The van der Waals surface area contributed by atoms with Crippen LogP contribution < -0.4 is 5.32 Å². The molecule has 1 heterocycles. The van der Waals surface area contributed by atoms with Crippen LogP contribution in [0, 0.1) is 0 Å². The Labute approximate surface area is 88.5 Å². The minimum absolute atomic E-state index is 0.109. The van der Waals surface area contributed by atoms with Gasteiger partial charge in [0.15, 0.2) is 6.17 Å². The van der Waals surface area contributed by atoms with Crippen LogP contribution in [0.4, 0.5) is 0 Å². The van der Waals surface area contributed by atoms with E-state index in [1.54, 1.807) is 4.90 Å². The van der Waals surface area contributed by atoms with Crippen LogP contribution in [0.5, 0.6) is 0 Å². The smallest absolute Gasteiger partial charge is 0.335 e. The van der Waals surface area contributed by atoms with Gasteiger partial charge in [-0.05, 0) is 12.6 Å². The summed E-state index contributed by atoms with van der Waals surface area (Å²) in [5.41, 5.74) is 1.13. The van der Waals surface area contributed by atoms with E-state index in [0.29, 0.717) is 0 Å². The van der Waals surface area contributed by atoms with Gasteiger partial charge < -0.3 is 5.11 Å². The first-order chi connectivity index (χ1) is 7.18. The van der Waals surface area contributed by atoms with E-state index >= 15 is 0 Å². The molecule has 1 aliphatic heterocycles. The Morgan fingerprint density at radius 1 is 1.47 bits per heavy atom. The third-order valence-corrected chi connectivity index (χ3v) is 2.71. The number of aliphatic carboxylic acids is 1. The van der Waals surface area contributed by atoms with Gasteiger partial charge in [0.1, 0.15) is 0 Å². The number of carbonyl (C=O) groups is 1. The lowest BCUT2D eigenvalue weighted by molar-refractivity contribution is -0.142. The average Bonchev–Trinajstić information content (AvgIpc) is 2.62. The molecular formula is C11H14N2O2. The zero-order valence-corrected chi connectivity index (χ0v) is 8.55. The summed E-state index contributed by atoms with van der Waals surface area (Å²) in [4.78, 5) is 12.7. The molecule has 0 amide bonds. The van der Waals surface area contributed by atoms with Crippen LogP contribution in [0.3, 0.4) is 0 Å². The number of likely N-dealkylation sites (N-methyl/N-ethyl adjacent to an activating group) is 1. The fraction of sp³-hybridized carbons (Fsp3) is 0.364. The molecule has 15 heavy (non-hydrogen) atoms. The Balaban J connectivity index is 2.13. The first-order valence-electron chi connectivity index (χ1n) is 4.92. The van der Waals surface area contributed by atoms with Crippen LogP contribution in [-0.2, 0) is 4.79 Å². The Morgan fingerprint density at radius 2 is 2.13 bits per heavy atom. The summed E-state index contributed by atoms with van der Waals surface area (Å²) in [5.74, 6) is -0.823. The SMILES string of the molecule is CN1CC(c2ccccc2)NC1C(=O)O. The minimum Gasteiger partial charge on any atom is -0.479 e. The molecule has 0 radical (unpaired) electrons. The van der Waals surface area contributed by atoms with Crippen LogP contribution >= 0.6 is 0 Å². The van der Waals surface area contributed by atoms with Gasteiger partial charge in [0.25, 0.3) is 0 Å². The standard InChI is InChI=1S/C11H14N2O2/c1-13-7-9(12-10(13)11(14)15)8-5-3-2-4-6-8/h2-6,9-10,12H,7H2,1H3,(H,14,15). The number of nitrogens with one attached hydrogen (secondary N) is 1. The number of hydrogen-bond donors (Lipinski definition) is 2. The van der Waals surface area contributed by atoms with Gasteiger partial charge in [0, 0.05) is 12.6 Å². The second-order valence-electron chi connectivity index (χ2n) is 3.81. The Hall–Kier alpha value is -1.39. The van der Waals surface area contributed by atoms with E-state index < -0.39 is 12.1 Å². The Bertz CT molecular complexity index is 353.